The van der Waals surface area contributed by atoms with Crippen LogP contribution in [0.3, 0.4) is 0 Å². The van der Waals surface area contributed by atoms with Crippen LogP contribution in [0.4, 0.5) is 0 Å². The van der Waals surface area contributed by atoms with Crippen LogP contribution in [0.1, 0.15) is 40.9 Å². The monoisotopic (exact) mass is 448 g/mol. The molecule has 3 rings (SSSR count). The second kappa shape index (κ2) is 11.7. The van der Waals surface area contributed by atoms with Gasteiger partial charge in [0.05, 0.1) is 24.1 Å². The summed E-state index contributed by atoms with van der Waals surface area (Å²) in [4.78, 5) is 17.0. The van der Waals surface area contributed by atoms with Gasteiger partial charge in [0.2, 0.25) is 5.91 Å². The molecule has 7 heteroatoms. The lowest BCUT2D eigenvalue weighted by atomic mass is 9.98. The highest BCUT2D eigenvalue weighted by atomic mass is 35.5. The maximum Gasteiger partial charge on any atom is 0.237 e. The summed E-state index contributed by atoms with van der Waals surface area (Å²) in [5, 5.41) is 3.03. The zero-order chi connectivity index (χ0) is 20.1. The Labute approximate surface area is 190 Å². The number of carbonyl (C=O) groups is 1. The summed E-state index contributed by atoms with van der Waals surface area (Å²) in [5.74, 6) is -0.161. The van der Waals surface area contributed by atoms with Crippen LogP contribution in [0.5, 0.6) is 0 Å². The Morgan fingerprint density at radius 1 is 1.10 bits per heavy atom. The number of nitrogens with two attached hydrogens (primary N) is 1. The molecule has 162 valence electrons. The zero-order valence-electron chi connectivity index (χ0n) is 17.5. The number of aromatic nitrogens is 2. The van der Waals surface area contributed by atoms with Crippen LogP contribution in [0.15, 0.2) is 61.1 Å². The van der Waals surface area contributed by atoms with Gasteiger partial charge in [0, 0.05) is 19.2 Å². The lowest BCUT2D eigenvalue weighted by Gasteiger charge is -2.20. The van der Waals surface area contributed by atoms with E-state index in [4.69, 9.17) is 5.73 Å². The number of rotatable bonds is 7. The third-order valence-corrected chi connectivity index (χ3v) is 5.13. The number of benzene rings is 2. The predicted octanol–water partition coefficient (Wildman–Crippen LogP) is 4.14. The summed E-state index contributed by atoms with van der Waals surface area (Å²) in [6.45, 7) is 6.89. The first-order valence-corrected chi connectivity index (χ1v) is 9.60. The first-order chi connectivity index (χ1) is 13.4. The molecule has 0 saturated carbocycles. The molecule has 2 atom stereocenters. The molecule has 1 amide bonds. The lowest BCUT2D eigenvalue weighted by molar-refractivity contribution is -0.123. The number of carbonyl (C=O) groups excluding carboxylic acids is 1. The number of nitrogens with zero attached hydrogens (tertiary/aromatic N) is 2. The summed E-state index contributed by atoms with van der Waals surface area (Å²) in [7, 11) is 0. The number of nitrogens with one attached hydrogen (secondary N) is 1. The number of imidazole rings is 1. The van der Waals surface area contributed by atoms with E-state index in [-0.39, 0.29) is 36.8 Å². The molecule has 0 aliphatic heterocycles. The fourth-order valence-corrected chi connectivity index (χ4v) is 3.35. The van der Waals surface area contributed by atoms with Crippen LogP contribution in [-0.2, 0) is 17.8 Å². The van der Waals surface area contributed by atoms with Crippen LogP contribution in [0.2, 0.25) is 0 Å². The standard InChI is InChI=1S/C23H28N4O.2ClH/c1-16-8-7-11-21(17(16)2)18(3)26-23(28)22(24)12-20-14-27(15-25-20)13-19-9-5-4-6-10-19;;/h4-11,14-15,18,22H,12-13,24H2,1-3H3,(H,26,28);2*1H/t18?,22-;;/m0../s1. The second-order valence-electron chi connectivity index (χ2n) is 7.35. The molecule has 0 spiro atoms. The van der Waals surface area contributed by atoms with Crippen molar-refractivity contribution >= 4 is 30.7 Å². The first-order valence-electron chi connectivity index (χ1n) is 9.60. The normalized spacial score (nSPS) is 12.3. The van der Waals surface area contributed by atoms with Crippen LogP contribution < -0.4 is 11.1 Å². The van der Waals surface area contributed by atoms with Crippen molar-refractivity contribution in [2.45, 2.75) is 45.8 Å². The molecule has 0 fully saturated rings. The molecule has 0 bridgehead atoms. The average Bonchev–Trinajstić information content (AvgIpc) is 3.11. The molecule has 1 aromatic heterocycles. The van der Waals surface area contributed by atoms with E-state index in [9.17, 15) is 4.79 Å². The van der Waals surface area contributed by atoms with Gasteiger partial charge in [0.25, 0.3) is 0 Å². The Morgan fingerprint density at radius 3 is 2.50 bits per heavy atom. The molecule has 3 N–H and O–H groups in total. The molecule has 0 saturated heterocycles. The van der Waals surface area contributed by atoms with Crippen LogP contribution in [0, 0.1) is 13.8 Å². The van der Waals surface area contributed by atoms with Gasteiger partial charge in [0.15, 0.2) is 0 Å². The van der Waals surface area contributed by atoms with E-state index in [0.717, 1.165) is 17.8 Å². The van der Waals surface area contributed by atoms with Crippen molar-refractivity contribution in [1.29, 1.82) is 0 Å². The molecule has 2 aromatic carbocycles. The minimum absolute atomic E-state index is 0. The average molecular weight is 449 g/mol. The van der Waals surface area contributed by atoms with Gasteiger partial charge in [-0.15, -0.1) is 24.8 Å². The molecule has 1 heterocycles. The van der Waals surface area contributed by atoms with Gasteiger partial charge in [-0.25, -0.2) is 4.98 Å². The van der Waals surface area contributed by atoms with Gasteiger partial charge < -0.3 is 15.6 Å². The molecule has 30 heavy (non-hydrogen) atoms. The van der Waals surface area contributed by atoms with E-state index in [2.05, 4.69) is 42.3 Å². The number of hydrogen-bond donors (Lipinski definition) is 2. The maximum atomic E-state index is 12.6. The summed E-state index contributed by atoms with van der Waals surface area (Å²) in [6, 6.07) is 15.6. The lowest BCUT2D eigenvalue weighted by Crippen LogP contribution is -2.43. The largest absolute Gasteiger partial charge is 0.348 e. The van der Waals surface area contributed by atoms with Crippen molar-refractivity contribution in [1.82, 2.24) is 14.9 Å². The van der Waals surface area contributed by atoms with Crippen molar-refractivity contribution in [2.75, 3.05) is 0 Å². The molecule has 0 aliphatic carbocycles. The van der Waals surface area contributed by atoms with Gasteiger partial charge in [0.1, 0.15) is 0 Å². The fraction of sp³-hybridized carbons (Fsp3) is 0.304. The van der Waals surface area contributed by atoms with Crippen molar-refractivity contribution in [3.63, 3.8) is 0 Å². The summed E-state index contributed by atoms with van der Waals surface area (Å²) in [6.07, 6.45) is 4.15. The van der Waals surface area contributed by atoms with E-state index < -0.39 is 6.04 Å². The molecule has 3 aromatic rings. The summed E-state index contributed by atoms with van der Waals surface area (Å²) in [5.41, 5.74) is 11.7. The summed E-state index contributed by atoms with van der Waals surface area (Å²) >= 11 is 0. The van der Waals surface area contributed by atoms with E-state index >= 15 is 0 Å². The van der Waals surface area contributed by atoms with Gasteiger partial charge in [-0.1, -0.05) is 48.5 Å². The minimum atomic E-state index is -0.632. The summed E-state index contributed by atoms with van der Waals surface area (Å²) < 4.78 is 2.01. The number of hydrogen-bond acceptors (Lipinski definition) is 3. The van der Waals surface area contributed by atoms with Gasteiger partial charge in [-0.3, -0.25) is 4.79 Å². The Bertz CT molecular complexity index is 943. The second-order valence-corrected chi connectivity index (χ2v) is 7.35. The number of amides is 1. The Kier molecular flexibility index (Phi) is 10.1. The molecule has 1 unspecified atom stereocenters. The van der Waals surface area contributed by atoms with Crippen LogP contribution >= 0.6 is 24.8 Å². The Balaban J connectivity index is 0.00000225. The van der Waals surface area contributed by atoms with Crippen molar-refractivity contribution in [3.05, 3.63) is 89.0 Å². The third-order valence-electron chi connectivity index (χ3n) is 5.13. The molecule has 0 radical (unpaired) electrons. The van der Waals surface area contributed by atoms with Gasteiger partial charge >= 0.3 is 0 Å². The zero-order valence-corrected chi connectivity index (χ0v) is 19.2. The third kappa shape index (κ3) is 6.59. The number of aryl methyl sites for hydroxylation is 1. The van der Waals surface area contributed by atoms with Crippen LogP contribution in [0.25, 0.3) is 0 Å². The highest BCUT2D eigenvalue weighted by molar-refractivity contribution is 5.85. The Hall–Kier alpha value is -2.34. The van der Waals surface area contributed by atoms with E-state index in [1.807, 2.05) is 48.0 Å². The van der Waals surface area contributed by atoms with Crippen molar-refractivity contribution in [2.24, 2.45) is 5.73 Å². The smallest absolute Gasteiger partial charge is 0.237 e. The van der Waals surface area contributed by atoms with Gasteiger partial charge in [-0.05, 0) is 43.0 Å². The van der Waals surface area contributed by atoms with E-state index in [1.165, 1.54) is 16.7 Å². The van der Waals surface area contributed by atoms with Crippen molar-refractivity contribution < 1.29 is 4.79 Å². The minimum Gasteiger partial charge on any atom is -0.348 e. The maximum absolute atomic E-state index is 12.6. The molecule has 0 aliphatic rings. The van der Waals surface area contributed by atoms with Crippen molar-refractivity contribution in [3.8, 4) is 0 Å². The fourth-order valence-electron chi connectivity index (χ4n) is 3.35. The predicted molar refractivity (Wildman–Crippen MR) is 126 cm³/mol. The highest BCUT2D eigenvalue weighted by Crippen LogP contribution is 2.20. The van der Waals surface area contributed by atoms with Crippen LogP contribution in [-0.4, -0.2) is 21.5 Å². The molecular formula is C23H30Cl2N4O. The topological polar surface area (TPSA) is 72.9 Å². The van der Waals surface area contributed by atoms with E-state index in [1.54, 1.807) is 6.33 Å². The SMILES string of the molecule is Cc1cccc(C(C)NC(=O)[C@@H](N)Cc2cn(Cc3ccccc3)cn2)c1C.Cl.Cl. The quantitative estimate of drug-likeness (QED) is 0.570. The number of halogens is 2. The first kappa shape index (κ1) is 25.7. The van der Waals surface area contributed by atoms with E-state index in [0.29, 0.717) is 6.42 Å². The molecular weight excluding hydrogens is 419 g/mol. The molecule has 5 nitrogen and oxygen atoms in total. The highest BCUT2D eigenvalue weighted by Gasteiger charge is 2.19. The Morgan fingerprint density at radius 2 is 1.80 bits per heavy atom. The van der Waals surface area contributed by atoms with Gasteiger partial charge in [-0.2, -0.15) is 0 Å².